The Balaban J connectivity index is 3.17. The van der Waals surface area contributed by atoms with Gasteiger partial charge in [0.2, 0.25) is 0 Å². The van der Waals surface area contributed by atoms with Gasteiger partial charge in [-0.2, -0.15) is 0 Å². The van der Waals surface area contributed by atoms with Crippen LogP contribution in [0.3, 0.4) is 0 Å². The molecule has 0 aliphatic heterocycles. The summed E-state index contributed by atoms with van der Waals surface area (Å²) in [6, 6.07) is 1.99. The molecule has 0 saturated carbocycles. The fourth-order valence-electron chi connectivity index (χ4n) is 1.11. The highest BCUT2D eigenvalue weighted by Gasteiger charge is 2.03. The molecule has 2 heteroatoms. The largest absolute Gasteiger partial charge is 0.377 e. The fraction of sp³-hybridized carbons (Fsp3) is 0.300. The fourth-order valence-corrected chi connectivity index (χ4v) is 1.11. The van der Waals surface area contributed by atoms with Crippen molar-refractivity contribution in [3.63, 3.8) is 0 Å². The quantitative estimate of drug-likeness (QED) is 0.662. The van der Waals surface area contributed by atoms with Crippen LogP contribution < -0.4 is 4.90 Å². The van der Waals surface area contributed by atoms with Crippen molar-refractivity contribution >= 4 is 11.3 Å². The molecular formula is C10H14N2. The van der Waals surface area contributed by atoms with Crippen LogP contribution in [0.2, 0.25) is 0 Å². The van der Waals surface area contributed by atoms with Gasteiger partial charge in [-0.25, -0.2) is 0 Å². The van der Waals surface area contributed by atoms with E-state index < -0.39 is 0 Å². The predicted octanol–water partition coefficient (Wildman–Crippen LogP) is 2.18. The second kappa shape index (κ2) is 3.39. The first kappa shape index (κ1) is 8.78. The maximum absolute atomic E-state index is 4.06. The lowest BCUT2D eigenvalue weighted by molar-refractivity contribution is 1.11. The second-order valence-electron chi connectivity index (χ2n) is 3.07. The van der Waals surface area contributed by atoms with E-state index in [1.54, 1.807) is 6.20 Å². The van der Waals surface area contributed by atoms with Crippen LogP contribution in [-0.2, 0) is 0 Å². The first-order valence-corrected chi connectivity index (χ1v) is 3.90. The van der Waals surface area contributed by atoms with E-state index in [1.165, 1.54) is 0 Å². The predicted molar refractivity (Wildman–Crippen MR) is 53.3 cm³/mol. The SMILES string of the molecule is C=C(C)c1cnccc1N(C)C. The molecule has 0 saturated heterocycles. The molecule has 0 spiro atoms. The first-order chi connectivity index (χ1) is 5.63. The van der Waals surface area contributed by atoms with Gasteiger partial charge in [0.15, 0.2) is 0 Å². The number of anilines is 1. The Hall–Kier alpha value is -1.31. The summed E-state index contributed by atoms with van der Waals surface area (Å²) >= 11 is 0. The van der Waals surface area contributed by atoms with E-state index in [2.05, 4.69) is 16.5 Å². The second-order valence-corrected chi connectivity index (χ2v) is 3.07. The van der Waals surface area contributed by atoms with Crippen LogP contribution in [0.1, 0.15) is 12.5 Å². The Morgan fingerprint density at radius 1 is 1.50 bits per heavy atom. The average molecular weight is 162 g/mol. The lowest BCUT2D eigenvalue weighted by Crippen LogP contribution is -2.10. The van der Waals surface area contributed by atoms with Gasteiger partial charge >= 0.3 is 0 Å². The number of rotatable bonds is 2. The van der Waals surface area contributed by atoms with Gasteiger partial charge in [-0.1, -0.05) is 6.58 Å². The number of allylic oxidation sites excluding steroid dienone is 1. The van der Waals surface area contributed by atoms with Crippen molar-refractivity contribution in [2.45, 2.75) is 6.92 Å². The van der Waals surface area contributed by atoms with E-state index in [4.69, 9.17) is 0 Å². The Labute approximate surface area is 73.5 Å². The Bertz CT molecular complexity index is 290. The minimum absolute atomic E-state index is 1.05. The molecule has 0 radical (unpaired) electrons. The zero-order valence-electron chi connectivity index (χ0n) is 7.83. The molecule has 1 heterocycles. The van der Waals surface area contributed by atoms with E-state index in [9.17, 15) is 0 Å². The number of nitrogens with zero attached hydrogens (tertiary/aromatic N) is 2. The molecule has 0 fully saturated rings. The third kappa shape index (κ3) is 1.64. The van der Waals surface area contributed by atoms with Crippen LogP contribution >= 0.6 is 0 Å². The molecule has 2 nitrogen and oxygen atoms in total. The van der Waals surface area contributed by atoms with Gasteiger partial charge in [-0.05, 0) is 18.6 Å². The van der Waals surface area contributed by atoms with E-state index >= 15 is 0 Å². The highest BCUT2D eigenvalue weighted by Crippen LogP contribution is 2.22. The van der Waals surface area contributed by atoms with Gasteiger partial charge in [-0.15, -0.1) is 0 Å². The molecule has 1 aromatic rings. The van der Waals surface area contributed by atoms with Crippen molar-refractivity contribution in [3.05, 3.63) is 30.6 Å². The molecule has 0 atom stereocenters. The number of aromatic nitrogens is 1. The third-order valence-electron chi connectivity index (χ3n) is 1.74. The lowest BCUT2D eigenvalue weighted by atomic mass is 10.1. The highest BCUT2D eigenvalue weighted by molar-refractivity contribution is 5.73. The van der Waals surface area contributed by atoms with Crippen LogP contribution in [-0.4, -0.2) is 19.1 Å². The summed E-state index contributed by atoms with van der Waals surface area (Å²) in [6.07, 6.45) is 3.64. The smallest absolute Gasteiger partial charge is 0.0468 e. The number of pyridine rings is 1. The molecular weight excluding hydrogens is 148 g/mol. The minimum atomic E-state index is 1.05. The highest BCUT2D eigenvalue weighted by atomic mass is 15.1. The van der Waals surface area contributed by atoms with Gasteiger partial charge in [0.1, 0.15) is 0 Å². The summed E-state index contributed by atoms with van der Waals surface area (Å²) in [5, 5.41) is 0. The van der Waals surface area contributed by atoms with Gasteiger partial charge < -0.3 is 4.90 Å². The van der Waals surface area contributed by atoms with Gasteiger partial charge in [0.25, 0.3) is 0 Å². The first-order valence-electron chi connectivity index (χ1n) is 3.90. The summed E-state index contributed by atoms with van der Waals surface area (Å²) in [7, 11) is 4.03. The average Bonchev–Trinajstić information content (AvgIpc) is 2.04. The standard InChI is InChI=1S/C10H14N2/c1-8(2)9-7-11-6-5-10(9)12(3)4/h5-7H,1H2,2-4H3. The third-order valence-corrected chi connectivity index (χ3v) is 1.74. The molecule has 12 heavy (non-hydrogen) atoms. The van der Waals surface area contributed by atoms with E-state index in [0.717, 1.165) is 16.8 Å². The molecule has 0 amide bonds. The Morgan fingerprint density at radius 2 is 2.17 bits per heavy atom. The molecule has 0 unspecified atom stereocenters. The molecule has 0 aromatic carbocycles. The normalized spacial score (nSPS) is 9.58. The topological polar surface area (TPSA) is 16.1 Å². The zero-order chi connectivity index (χ0) is 9.14. The summed E-state index contributed by atoms with van der Waals surface area (Å²) in [4.78, 5) is 6.12. The van der Waals surface area contributed by atoms with Gasteiger partial charge in [0.05, 0.1) is 0 Å². The summed E-state index contributed by atoms with van der Waals surface area (Å²) in [5.41, 5.74) is 3.33. The van der Waals surface area contributed by atoms with Crippen molar-refractivity contribution in [1.82, 2.24) is 4.98 Å². The van der Waals surface area contributed by atoms with Crippen molar-refractivity contribution < 1.29 is 0 Å². The van der Waals surface area contributed by atoms with E-state index in [-0.39, 0.29) is 0 Å². The molecule has 0 aliphatic carbocycles. The van der Waals surface area contributed by atoms with Crippen LogP contribution in [0.25, 0.3) is 5.57 Å². The van der Waals surface area contributed by atoms with Crippen LogP contribution in [0.15, 0.2) is 25.0 Å². The van der Waals surface area contributed by atoms with Crippen molar-refractivity contribution in [2.75, 3.05) is 19.0 Å². The molecule has 1 rings (SSSR count). The lowest BCUT2D eigenvalue weighted by Gasteiger charge is -2.16. The van der Waals surface area contributed by atoms with E-state index in [0.29, 0.717) is 0 Å². The van der Waals surface area contributed by atoms with Gasteiger partial charge in [0, 0.05) is 37.7 Å². The Kier molecular flexibility index (Phi) is 2.48. The van der Waals surface area contributed by atoms with Crippen molar-refractivity contribution in [1.29, 1.82) is 0 Å². The number of hydrogen-bond donors (Lipinski definition) is 0. The monoisotopic (exact) mass is 162 g/mol. The van der Waals surface area contributed by atoms with E-state index in [1.807, 2.05) is 33.3 Å². The molecule has 0 N–H and O–H groups in total. The van der Waals surface area contributed by atoms with Crippen molar-refractivity contribution in [3.8, 4) is 0 Å². The Morgan fingerprint density at radius 3 is 2.58 bits per heavy atom. The molecule has 64 valence electrons. The summed E-state index contributed by atoms with van der Waals surface area (Å²) < 4.78 is 0. The van der Waals surface area contributed by atoms with Gasteiger partial charge in [-0.3, -0.25) is 4.98 Å². The maximum Gasteiger partial charge on any atom is 0.0468 e. The summed E-state index contributed by atoms with van der Waals surface area (Å²) in [6.45, 7) is 5.89. The zero-order valence-corrected chi connectivity index (χ0v) is 7.83. The maximum atomic E-state index is 4.06. The van der Waals surface area contributed by atoms with Crippen LogP contribution in [0.5, 0.6) is 0 Å². The van der Waals surface area contributed by atoms with Crippen molar-refractivity contribution in [2.24, 2.45) is 0 Å². The van der Waals surface area contributed by atoms with Crippen LogP contribution in [0, 0.1) is 0 Å². The molecule has 0 aliphatic rings. The summed E-state index contributed by atoms with van der Waals surface area (Å²) in [5.74, 6) is 0. The minimum Gasteiger partial charge on any atom is -0.377 e. The van der Waals surface area contributed by atoms with Crippen LogP contribution in [0.4, 0.5) is 5.69 Å². The number of hydrogen-bond acceptors (Lipinski definition) is 2. The molecule has 1 aromatic heterocycles. The molecule has 0 bridgehead atoms.